The number of nitrogens with zero attached hydrogens (tertiary/aromatic N) is 1. The molecule has 0 N–H and O–H groups in total. The van der Waals surface area contributed by atoms with Gasteiger partial charge in [0.1, 0.15) is 5.58 Å². The van der Waals surface area contributed by atoms with Gasteiger partial charge in [-0.05, 0) is 50.2 Å². The van der Waals surface area contributed by atoms with Crippen LogP contribution in [-0.2, 0) is 11.3 Å². The zero-order valence-corrected chi connectivity index (χ0v) is 13.9. The maximum atomic E-state index is 6.06. The summed E-state index contributed by atoms with van der Waals surface area (Å²) in [6, 6.07) is 15.6. The molecule has 1 heterocycles. The molecule has 4 heteroatoms. The molecule has 3 aromatic rings. The van der Waals surface area contributed by atoms with E-state index in [1.165, 1.54) is 5.56 Å². The van der Waals surface area contributed by atoms with Gasteiger partial charge in [0, 0.05) is 22.6 Å². The van der Waals surface area contributed by atoms with Crippen LogP contribution in [0, 0.1) is 6.92 Å². The lowest BCUT2D eigenvalue weighted by atomic mass is 10.2. The number of halogens is 1. The highest BCUT2D eigenvalue weighted by molar-refractivity contribution is 6.31. The van der Waals surface area contributed by atoms with E-state index < -0.39 is 0 Å². The van der Waals surface area contributed by atoms with Crippen molar-refractivity contribution in [1.29, 1.82) is 0 Å². The Morgan fingerprint density at radius 1 is 1.09 bits per heavy atom. The summed E-state index contributed by atoms with van der Waals surface area (Å²) in [6.45, 7) is 5.10. The fraction of sp³-hybridized carbons (Fsp3) is 0.211. The standard InChI is InChI=1S/C19H18ClNO2/c1-3-22-12-15-10-14-11-16(20)6-9-18(14)23-19(15)21-17-7-4-13(2)5-8-17/h4-11H,3,12H2,1-2H3. The molecule has 0 aliphatic carbocycles. The van der Waals surface area contributed by atoms with Crippen molar-refractivity contribution in [3.05, 3.63) is 70.2 Å². The van der Waals surface area contributed by atoms with Crippen molar-refractivity contribution in [3.63, 3.8) is 0 Å². The predicted octanol–water partition coefficient (Wildman–Crippen LogP) is 5.16. The van der Waals surface area contributed by atoms with Crippen LogP contribution in [0.5, 0.6) is 0 Å². The highest BCUT2D eigenvalue weighted by Crippen LogP contribution is 2.20. The summed E-state index contributed by atoms with van der Waals surface area (Å²) in [6.07, 6.45) is 0. The lowest BCUT2D eigenvalue weighted by molar-refractivity contribution is 0.131. The topological polar surface area (TPSA) is 34.7 Å². The van der Waals surface area contributed by atoms with E-state index in [1.54, 1.807) is 0 Å². The van der Waals surface area contributed by atoms with Crippen LogP contribution in [-0.4, -0.2) is 6.61 Å². The van der Waals surface area contributed by atoms with Gasteiger partial charge >= 0.3 is 0 Å². The molecule has 23 heavy (non-hydrogen) atoms. The molecule has 1 aromatic heterocycles. The first kappa shape index (κ1) is 15.8. The molecular weight excluding hydrogens is 310 g/mol. The Kier molecular flexibility index (Phi) is 4.79. The van der Waals surface area contributed by atoms with Crippen LogP contribution < -0.4 is 5.55 Å². The number of aryl methyl sites for hydroxylation is 1. The van der Waals surface area contributed by atoms with Crippen molar-refractivity contribution < 1.29 is 9.15 Å². The van der Waals surface area contributed by atoms with Crippen LogP contribution in [0.4, 0.5) is 5.69 Å². The van der Waals surface area contributed by atoms with Crippen molar-refractivity contribution in [3.8, 4) is 0 Å². The van der Waals surface area contributed by atoms with Crippen molar-refractivity contribution in [2.24, 2.45) is 4.99 Å². The van der Waals surface area contributed by atoms with Gasteiger partial charge in [0.15, 0.2) is 0 Å². The molecule has 2 aromatic carbocycles. The average molecular weight is 328 g/mol. The molecule has 118 valence electrons. The van der Waals surface area contributed by atoms with Crippen molar-refractivity contribution >= 4 is 28.3 Å². The minimum absolute atomic E-state index is 0.452. The average Bonchev–Trinajstić information content (AvgIpc) is 2.55. The smallest absolute Gasteiger partial charge is 0.225 e. The highest BCUT2D eigenvalue weighted by Gasteiger charge is 2.05. The number of fused-ring (bicyclic) bond motifs is 1. The van der Waals surface area contributed by atoms with E-state index in [-0.39, 0.29) is 0 Å². The largest absolute Gasteiger partial charge is 0.438 e. The fourth-order valence-corrected chi connectivity index (χ4v) is 2.47. The maximum Gasteiger partial charge on any atom is 0.225 e. The van der Waals surface area contributed by atoms with E-state index in [1.807, 2.05) is 55.5 Å². The van der Waals surface area contributed by atoms with Gasteiger partial charge in [0.25, 0.3) is 0 Å². The first-order valence-corrected chi connectivity index (χ1v) is 7.95. The number of ether oxygens (including phenoxy) is 1. The zero-order valence-electron chi connectivity index (χ0n) is 13.2. The third kappa shape index (κ3) is 3.81. The zero-order chi connectivity index (χ0) is 16.2. The molecule has 0 radical (unpaired) electrons. The lowest BCUT2D eigenvalue weighted by Gasteiger charge is -2.05. The van der Waals surface area contributed by atoms with E-state index in [0.29, 0.717) is 23.8 Å². The number of benzene rings is 2. The van der Waals surface area contributed by atoms with Crippen LogP contribution in [0.25, 0.3) is 11.0 Å². The van der Waals surface area contributed by atoms with Gasteiger partial charge in [0.2, 0.25) is 5.55 Å². The molecule has 0 spiro atoms. The summed E-state index contributed by atoms with van der Waals surface area (Å²) in [5.74, 6) is 0. The van der Waals surface area contributed by atoms with Gasteiger partial charge in [-0.25, -0.2) is 4.99 Å². The molecule has 0 bridgehead atoms. The van der Waals surface area contributed by atoms with E-state index in [9.17, 15) is 0 Å². The minimum Gasteiger partial charge on any atom is -0.438 e. The SMILES string of the molecule is CCOCc1cc2cc(Cl)ccc2oc1=Nc1ccc(C)cc1. The maximum absolute atomic E-state index is 6.06. The summed E-state index contributed by atoms with van der Waals surface area (Å²) in [5.41, 5.74) is 4.27. The first-order valence-electron chi connectivity index (χ1n) is 7.57. The van der Waals surface area contributed by atoms with E-state index >= 15 is 0 Å². The molecule has 0 aliphatic heterocycles. The van der Waals surface area contributed by atoms with Gasteiger partial charge in [-0.1, -0.05) is 29.3 Å². The van der Waals surface area contributed by atoms with Crippen molar-refractivity contribution in [2.75, 3.05) is 6.61 Å². The Hall–Kier alpha value is -2.10. The third-order valence-corrected chi connectivity index (χ3v) is 3.74. The molecule has 0 saturated carbocycles. The molecular formula is C19H18ClNO2. The van der Waals surface area contributed by atoms with Crippen molar-refractivity contribution in [1.82, 2.24) is 0 Å². The minimum atomic E-state index is 0.452. The van der Waals surface area contributed by atoms with Gasteiger partial charge in [-0.2, -0.15) is 0 Å². The van der Waals surface area contributed by atoms with Crippen LogP contribution in [0.2, 0.25) is 5.02 Å². The summed E-state index contributed by atoms with van der Waals surface area (Å²) in [5, 5.41) is 1.62. The molecule has 0 unspecified atom stereocenters. The second-order valence-corrected chi connectivity index (χ2v) is 5.78. The van der Waals surface area contributed by atoms with Crippen LogP contribution >= 0.6 is 11.6 Å². The Labute approximate surface area is 140 Å². The summed E-state index contributed by atoms with van der Waals surface area (Å²) in [4.78, 5) is 4.63. The normalized spacial score (nSPS) is 12.0. The summed E-state index contributed by atoms with van der Waals surface area (Å²) >= 11 is 6.06. The second-order valence-electron chi connectivity index (χ2n) is 5.34. The highest BCUT2D eigenvalue weighted by atomic mass is 35.5. The van der Waals surface area contributed by atoms with Crippen LogP contribution in [0.15, 0.2) is 57.9 Å². The molecule has 0 saturated heterocycles. The molecule has 3 nitrogen and oxygen atoms in total. The van der Waals surface area contributed by atoms with E-state index in [0.717, 1.165) is 22.2 Å². The number of hydrogen-bond acceptors (Lipinski definition) is 3. The van der Waals surface area contributed by atoms with Crippen LogP contribution in [0.3, 0.4) is 0 Å². The quantitative estimate of drug-likeness (QED) is 0.663. The Balaban J connectivity index is 2.15. The third-order valence-electron chi connectivity index (χ3n) is 3.51. The van der Waals surface area contributed by atoms with E-state index in [4.69, 9.17) is 20.8 Å². The van der Waals surface area contributed by atoms with E-state index in [2.05, 4.69) is 11.9 Å². The Bertz CT molecular complexity index is 882. The lowest BCUT2D eigenvalue weighted by Crippen LogP contribution is -2.10. The Morgan fingerprint density at radius 3 is 2.61 bits per heavy atom. The summed E-state index contributed by atoms with van der Waals surface area (Å²) < 4.78 is 11.5. The molecule has 0 aliphatic rings. The van der Waals surface area contributed by atoms with Gasteiger partial charge < -0.3 is 9.15 Å². The summed E-state index contributed by atoms with van der Waals surface area (Å²) in [7, 11) is 0. The van der Waals surface area contributed by atoms with Crippen molar-refractivity contribution in [2.45, 2.75) is 20.5 Å². The van der Waals surface area contributed by atoms with Gasteiger partial charge in [-0.15, -0.1) is 0 Å². The van der Waals surface area contributed by atoms with Crippen LogP contribution in [0.1, 0.15) is 18.1 Å². The van der Waals surface area contributed by atoms with Gasteiger partial charge in [0.05, 0.1) is 12.3 Å². The number of hydrogen-bond donors (Lipinski definition) is 0. The first-order chi connectivity index (χ1) is 11.2. The molecule has 0 fully saturated rings. The molecule has 3 rings (SSSR count). The fourth-order valence-electron chi connectivity index (χ4n) is 2.29. The Morgan fingerprint density at radius 2 is 1.87 bits per heavy atom. The molecule has 0 atom stereocenters. The number of rotatable bonds is 4. The second kappa shape index (κ2) is 6.99. The molecule has 0 amide bonds. The van der Waals surface area contributed by atoms with Gasteiger partial charge in [-0.3, -0.25) is 0 Å². The predicted molar refractivity (Wildman–Crippen MR) is 93.0 cm³/mol. The monoisotopic (exact) mass is 327 g/mol.